The quantitative estimate of drug-likeness (QED) is 0.544. The molecule has 0 spiro atoms. The molecule has 9 heteroatoms. The van der Waals surface area contributed by atoms with Crippen LogP contribution in [0.2, 0.25) is 0 Å². The van der Waals surface area contributed by atoms with Gasteiger partial charge in [0.25, 0.3) is 0 Å². The highest BCUT2D eigenvalue weighted by Crippen LogP contribution is 2.39. The predicted octanol–water partition coefficient (Wildman–Crippen LogP) is 4.34. The molecule has 166 valence electrons. The summed E-state index contributed by atoms with van der Waals surface area (Å²) in [5.41, 5.74) is 3.84. The molecule has 2 aromatic heterocycles. The summed E-state index contributed by atoms with van der Waals surface area (Å²) in [6.07, 6.45) is 2.99. The fourth-order valence-corrected chi connectivity index (χ4v) is 5.94. The third-order valence-corrected chi connectivity index (χ3v) is 7.88. The van der Waals surface area contributed by atoms with Gasteiger partial charge in [-0.15, -0.1) is 21.5 Å². The second kappa shape index (κ2) is 9.35. The monoisotopic (exact) mass is 466 g/mol. The summed E-state index contributed by atoms with van der Waals surface area (Å²) < 4.78 is 1.90. The second-order valence-corrected chi connectivity index (χ2v) is 10.4. The van der Waals surface area contributed by atoms with Crippen LogP contribution in [0.4, 0.5) is 10.7 Å². The number of thioether (sulfide) groups is 1. The van der Waals surface area contributed by atoms with E-state index in [4.69, 9.17) is 0 Å². The van der Waals surface area contributed by atoms with Crippen molar-refractivity contribution in [1.82, 2.24) is 14.8 Å². The van der Waals surface area contributed by atoms with Gasteiger partial charge in [-0.3, -0.25) is 4.79 Å². The maximum atomic E-state index is 12.6. The molecule has 1 aromatic carbocycles. The van der Waals surface area contributed by atoms with Crippen molar-refractivity contribution < 1.29 is 4.79 Å². The molecule has 1 amide bonds. The van der Waals surface area contributed by atoms with Crippen LogP contribution >= 0.6 is 23.1 Å². The van der Waals surface area contributed by atoms with E-state index >= 15 is 0 Å². The van der Waals surface area contributed by atoms with Gasteiger partial charge >= 0.3 is 0 Å². The van der Waals surface area contributed by atoms with Gasteiger partial charge in [0.1, 0.15) is 11.1 Å². The first-order chi connectivity index (χ1) is 15.4. The molecule has 1 unspecified atom stereocenters. The number of fused-ring (bicyclic) bond motifs is 1. The van der Waals surface area contributed by atoms with E-state index in [1.807, 2.05) is 54.9 Å². The smallest absolute Gasteiger partial charge is 0.235 e. The number of hydrogen-bond donors (Lipinski definition) is 1. The fraction of sp³-hybridized carbons (Fsp3) is 0.391. The Hall–Kier alpha value is -2.83. The molecule has 0 fully saturated rings. The molecule has 0 saturated heterocycles. The SMILES string of the molecule is CC1CCc2c(sc(NC(=O)CSc3nnc(-c4ccc(N(C)C)cc4)n3C)c2C#N)C1. The van der Waals surface area contributed by atoms with Crippen molar-refractivity contribution in [1.29, 1.82) is 5.26 Å². The number of carbonyl (C=O) groups excluding carboxylic acids is 1. The summed E-state index contributed by atoms with van der Waals surface area (Å²) in [6, 6.07) is 10.4. The van der Waals surface area contributed by atoms with Crippen molar-refractivity contribution in [2.24, 2.45) is 13.0 Å². The molecule has 4 rings (SSSR count). The first-order valence-electron chi connectivity index (χ1n) is 10.5. The number of thiophene rings is 1. The first-order valence-corrected chi connectivity index (χ1v) is 12.3. The van der Waals surface area contributed by atoms with Crippen LogP contribution in [-0.4, -0.2) is 40.5 Å². The van der Waals surface area contributed by atoms with Crippen molar-refractivity contribution in [2.45, 2.75) is 31.3 Å². The Morgan fingerprint density at radius 2 is 2.09 bits per heavy atom. The number of benzene rings is 1. The number of nitriles is 1. The summed E-state index contributed by atoms with van der Waals surface area (Å²) in [5.74, 6) is 1.44. The summed E-state index contributed by atoms with van der Waals surface area (Å²) in [5, 5.41) is 22.5. The molecule has 0 bridgehead atoms. The van der Waals surface area contributed by atoms with E-state index in [-0.39, 0.29) is 11.7 Å². The van der Waals surface area contributed by atoms with E-state index in [2.05, 4.69) is 28.5 Å². The molecular weight excluding hydrogens is 440 g/mol. The molecule has 3 aromatic rings. The number of carbonyl (C=O) groups is 1. The van der Waals surface area contributed by atoms with Gasteiger partial charge < -0.3 is 14.8 Å². The van der Waals surface area contributed by atoms with E-state index < -0.39 is 0 Å². The maximum Gasteiger partial charge on any atom is 0.235 e. The van der Waals surface area contributed by atoms with E-state index in [9.17, 15) is 10.1 Å². The summed E-state index contributed by atoms with van der Waals surface area (Å²) >= 11 is 2.89. The molecule has 1 atom stereocenters. The van der Waals surface area contributed by atoms with Gasteiger partial charge in [0.2, 0.25) is 5.91 Å². The summed E-state index contributed by atoms with van der Waals surface area (Å²) in [7, 11) is 5.91. The average Bonchev–Trinajstić information content (AvgIpc) is 3.31. The summed E-state index contributed by atoms with van der Waals surface area (Å²) in [6.45, 7) is 2.23. The van der Waals surface area contributed by atoms with Gasteiger partial charge in [-0.05, 0) is 55.0 Å². The Labute approximate surface area is 196 Å². The molecular formula is C23H26N6OS2. The highest BCUT2D eigenvalue weighted by Gasteiger charge is 2.24. The lowest BCUT2D eigenvalue weighted by Crippen LogP contribution is -2.14. The number of rotatable bonds is 6. The topological polar surface area (TPSA) is 86.8 Å². The van der Waals surface area contributed by atoms with Gasteiger partial charge in [-0.25, -0.2) is 0 Å². The molecule has 0 aliphatic heterocycles. The van der Waals surface area contributed by atoms with E-state index in [1.165, 1.54) is 16.6 Å². The molecule has 7 nitrogen and oxygen atoms in total. The molecule has 0 saturated carbocycles. The Balaban J connectivity index is 1.42. The predicted molar refractivity (Wildman–Crippen MR) is 130 cm³/mol. The third kappa shape index (κ3) is 4.52. The second-order valence-electron chi connectivity index (χ2n) is 8.31. The van der Waals surface area contributed by atoms with Gasteiger partial charge in [0.15, 0.2) is 11.0 Å². The van der Waals surface area contributed by atoms with Crippen LogP contribution in [0.15, 0.2) is 29.4 Å². The van der Waals surface area contributed by atoms with E-state index in [1.54, 1.807) is 11.3 Å². The van der Waals surface area contributed by atoms with E-state index in [0.717, 1.165) is 41.9 Å². The molecule has 1 N–H and O–H groups in total. The molecule has 1 aliphatic rings. The van der Waals surface area contributed by atoms with Crippen LogP contribution < -0.4 is 10.2 Å². The van der Waals surface area contributed by atoms with Crippen LogP contribution in [0.25, 0.3) is 11.4 Å². The Kier molecular flexibility index (Phi) is 6.53. The van der Waals surface area contributed by atoms with Gasteiger partial charge in [-0.1, -0.05) is 18.7 Å². The highest BCUT2D eigenvalue weighted by molar-refractivity contribution is 7.99. The number of nitrogens with one attached hydrogen (secondary N) is 1. The minimum Gasteiger partial charge on any atom is -0.378 e. The van der Waals surface area contributed by atoms with Crippen molar-refractivity contribution in [2.75, 3.05) is 30.1 Å². The van der Waals surface area contributed by atoms with Gasteiger partial charge in [0.05, 0.1) is 11.3 Å². The zero-order chi connectivity index (χ0) is 22.8. The largest absolute Gasteiger partial charge is 0.378 e. The minimum absolute atomic E-state index is 0.141. The number of hydrogen-bond acceptors (Lipinski definition) is 7. The molecule has 32 heavy (non-hydrogen) atoms. The van der Waals surface area contributed by atoms with Crippen molar-refractivity contribution in [3.8, 4) is 17.5 Å². The standard InChI is InChI=1S/C23H26N6OS2/c1-14-5-10-17-18(12-24)22(32-19(17)11-14)25-20(30)13-31-23-27-26-21(29(23)4)15-6-8-16(9-7-15)28(2)3/h6-9,14H,5,10-11,13H2,1-4H3,(H,25,30). The Morgan fingerprint density at radius 3 is 2.78 bits per heavy atom. The molecule has 2 heterocycles. The number of aromatic nitrogens is 3. The number of amides is 1. The highest BCUT2D eigenvalue weighted by atomic mass is 32.2. The van der Waals surface area contributed by atoms with Crippen molar-refractivity contribution >= 4 is 39.7 Å². The third-order valence-electron chi connectivity index (χ3n) is 5.69. The van der Waals surface area contributed by atoms with Crippen LogP contribution in [0, 0.1) is 17.2 Å². The summed E-state index contributed by atoms with van der Waals surface area (Å²) in [4.78, 5) is 15.9. The van der Waals surface area contributed by atoms with Crippen LogP contribution in [0.1, 0.15) is 29.3 Å². The van der Waals surface area contributed by atoms with Gasteiger partial charge in [0, 0.05) is 37.3 Å². The van der Waals surface area contributed by atoms with Crippen molar-refractivity contribution in [3.63, 3.8) is 0 Å². The van der Waals surface area contributed by atoms with Crippen LogP contribution in [-0.2, 0) is 24.7 Å². The number of nitrogens with zero attached hydrogens (tertiary/aromatic N) is 5. The fourth-order valence-electron chi connectivity index (χ4n) is 3.85. The number of anilines is 2. The maximum absolute atomic E-state index is 12.6. The zero-order valence-corrected chi connectivity index (χ0v) is 20.3. The molecule has 1 aliphatic carbocycles. The van der Waals surface area contributed by atoms with Crippen LogP contribution in [0.5, 0.6) is 0 Å². The van der Waals surface area contributed by atoms with E-state index in [0.29, 0.717) is 21.6 Å². The lowest BCUT2D eigenvalue weighted by Gasteiger charge is -2.17. The lowest BCUT2D eigenvalue weighted by molar-refractivity contribution is -0.113. The Bertz CT molecular complexity index is 1170. The van der Waals surface area contributed by atoms with Crippen molar-refractivity contribution in [3.05, 3.63) is 40.3 Å². The normalized spacial score (nSPS) is 15.2. The average molecular weight is 467 g/mol. The lowest BCUT2D eigenvalue weighted by atomic mass is 9.89. The van der Waals surface area contributed by atoms with Crippen LogP contribution in [0.3, 0.4) is 0 Å². The molecule has 0 radical (unpaired) electrons. The van der Waals surface area contributed by atoms with Gasteiger partial charge in [-0.2, -0.15) is 5.26 Å². The minimum atomic E-state index is -0.141. The Morgan fingerprint density at radius 1 is 1.34 bits per heavy atom. The zero-order valence-electron chi connectivity index (χ0n) is 18.7. The first kappa shape index (κ1) is 22.4.